The van der Waals surface area contributed by atoms with Gasteiger partial charge in [-0.05, 0) is 17.3 Å². The van der Waals surface area contributed by atoms with Gasteiger partial charge in [0, 0.05) is 6.20 Å². The maximum Gasteiger partial charge on any atom is 0.418 e. The van der Waals surface area contributed by atoms with Crippen LogP contribution in [0.2, 0.25) is 0 Å². The fourth-order valence-corrected chi connectivity index (χ4v) is 1.74. The maximum absolute atomic E-state index is 12.9. The largest absolute Gasteiger partial charge is 0.418 e. The van der Waals surface area contributed by atoms with Crippen molar-refractivity contribution >= 4 is 0 Å². The van der Waals surface area contributed by atoms with Gasteiger partial charge in [-0.3, -0.25) is 0 Å². The second-order valence-electron chi connectivity index (χ2n) is 3.79. The molecule has 2 aliphatic heterocycles. The Labute approximate surface area is 105 Å². The predicted octanol–water partition coefficient (Wildman–Crippen LogP) is 2.18. The molecule has 3 rings (SSSR count). The van der Waals surface area contributed by atoms with E-state index in [0.29, 0.717) is 11.5 Å². The molecule has 0 saturated heterocycles. The molecule has 1 aromatic rings. The van der Waals surface area contributed by atoms with Crippen molar-refractivity contribution in [3.63, 3.8) is 0 Å². The first-order valence-corrected chi connectivity index (χ1v) is 5.25. The van der Waals surface area contributed by atoms with Crippen molar-refractivity contribution in [2.24, 2.45) is 0 Å². The summed E-state index contributed by atoms with van der Waals surface area (Å²) in [5.74, 6) is 0.292. The molecule has 1 aromatic carbocycles. The molecule has 0 aromatic heterocycles. The molecule has 0 atom stereocenters. The lowest BCUT2D eigenvalue weighted by Crippen LogP contribution is -2.11. The van der Waals surface area contributed by atoms with Crippen molar-refractivity contribution in [3.05, 3.63) is 42.4 Å². The predicted molar refractivity (Wildman–Crippen MR) is 58.6 cm³/mol. The van der Waals surface area contributed by atoms with E-state index in [9.17, 15) is 13.2 Å². The summed E-state index contributed by atoms with van der Waals surface area (Å²) in [7, 11) is 0. The quantitative estimate of drug-likeness (QED) is 0.676. The first-order valence-electron chi connectivity index (χ1n) is 5.25. The molecular weight excluding hydrogens is 259 g/mol. The number of nitrogens with zero attached hydrogens (tertiary/aromatic N) is 5. The van der Waals surface area contributed by atoms with E-state index in [-0.39, 0.29) is 5.69 Å². The molecule has 0 amide bonds. The van der Waals surface area contributed by atoms with E-state index in [1.54, 1.807) is 0 Å². The summed E-state index contributed by atoms with van der Waals surface area (Å²) in [5.41, 5.74) is -0.430. The van der Waals surface area contributed by atoms with Gasteiger partial charge in [0.1, 0.15) is 6.33 Å². The average molecular weight is 265 g/mol. The molecule has 0 saturated carbocycles. The summed E-state index contributed by atoms with van der Waals surface area (Å²) in [6, 6.07) is 5.24. The Balaban J connectivity index is 2.20. The fourth-order valence-electron chi connectivity index (χ4n) is 1.74. The molecule has 8 heteroatoms. The number of hydrogen-bond acceptors (Lipinski definition) is 4. The topological polar surface area (TPSA) is 56.5 Å². The number of rotatable bonds is 1. The van der Waals surface area contributed by atoms with Crippen molar-refractivity contribution in [2.75, 3.05) is 0 Å². The lowest BCUT2D eigenvalue weighted by Gasteiger charge is -2.14. The van der Waals surface area contributed by atoms with E-state index >= 15 is 0 Å². The van der Waals surface area contributed by atoms with Crippen molar-refractivity contribution in [1.82, 2.24) is 25.0 Å². The van der Waals surface area contributed by atoms with Gasteiger partial charge in [-0.25, -0.2) is 4.98 Å². The van der Waals surface area contributed by atoms with Gasteiger partial charge in [-0.1, -0.05) is 12.1 Å². The zero-order valence-corrected chi connectivity index (χ0v) is 9.33. The van der Waals surface area contributed by atoms with E-state index < -0.39 is 11.7 Å². The highest BCUT2D eigenvalue weighted by atomic mass is 19.4. The highest BCUT2D eigenvalue weighted by molar-refractivity contribution is 5.50. The minimum atomic E-state index is -4.44. The van der Waals surface area contributed by atoms with E-state index in [1.807, 2.05) is 0 Å². The maximum atomic E-state index is 12.9. The van der Waals surface area contributed by atoms with Crippen LogP contribution in [0.25, 0.3) is 17.2 Å². The Morgan fingerprint density at radius 3 is 2.63 bits per heavy atom. The highest BCUT2D eigenvalue weighted by Gasteiger charge is 2.33. The van der Waals surface area contributed by atoms with Crippen LogP contribution in [0.15, 0.2) is 36.8 Å². The number of aromatic nitrogens is 5. The van der Waals surface area contributed by atoms with Gasteiger partial charge in [-0.2, -0.15) is 13.2 Å². The zero-order valence-electron chi connectivity index (χ0n) is 9.33. The Morgan fingerprint density at radius 1 is 1.05 bits per heavy atom. The van der Waals surface area contributed by atoms with E-state index in [0.717, 1.165) is 6.07 Å². The Hall–Kier alpha value is -2.51. The van der Waals surface area contributed by atoms with Gasteiger partial charge in [0.15, 0.2) is 5.69 Å². The normalized spacial score (nSPS) is 11.9. The Bertz CT molecular complexity index is 691. The summed E-state index contributed by atoms with van der Waals surface area (Å²) in [6.07, 6.45) is -1.77. The summed E-state index contributed by atoms with van der Waals surface area (Å²) >= 11 is 0. The third-order valence-corrected chi connectivity index (χ3v) is 2.57. The average Bonchev–Trinajstić information content (AvgIpc) is 2.85. The molecule has 0 bridgehead atoms. The molecule has 0 fully saturated rings. The highest BCUT2D eigenvalue weighted by Crippen LogP contribution is 2.33. The number of para-hydroxylation sites is 1. The molecule has 0 unspecified atom stereocenters. The molecular formula is C11H6F3N5. The fraction of sp³-hybridized carbons (Fsp3) is 0.0909. The van der Waals surface area contributed by atoms with E-state index in [1.165, 1.54) is 35.3 Å². The smallest absolute Gasteiger partial charge is 0.305 e. The van der Waals surface area contributed by atoms with E-state index in [4.69, 9.17) is 0 Å². The number of benzene rings is 1. The van der Waals surface area contributed by atoms with Gasteiger partial charge in [0.2, 0.25) is 5.82 Å². The third-order valence-electron chi connectivity index (χ3n) is 2.57. The van der Waals surface area contributed by atoms with Crippen molar-refractivity contribution in [3.8, 4) is 17.2 Å². The molecule has 19 heavy (non-hydrogen) atoms. The monoisotopic (exact) mass is 265 g/mol. The minimum Gasteiger partial charge on any atom is -0.305 e. The van der Waals surface area contributed by atoms with Gasteiger partial charge >= 0.3 is 6.18 Å². The number of alkyl halides is 3. The van der Waals surface area contributed by atoms with Crippen LogP contribution in [0, 0.1) is 0 Å². The standard InChI is InChI=1S/C11H6F3N5/c12-11(13,14)7-3-1-2-4-9(7)19-5-8-10(15-6-19)17-18-16-8/h1-6H. The molecule has 2 aliphatic rings. The van der Waals surface area contributed by atoms with Crippen LogP contribution in [0.5, 0.6) is 0 Å². The molecule has 0 radical (unpaired) electrons. The van der Waals surface area contributed by atoms with Crippen molar-refractivity contribution in [1.29, 1.82) is 0 Å². The molecule has 0 aliphatic carbocycles. The Morgan fingerprint density at radius 2 is 1.84 bits per heavy atom. The summed E-state index contributed by atoms with van der Waals surface area (Å²) < 4.78 is 40.0. The second-order valence-corrected chi connectivity index (χ2v) is 3.79. The van der Waals surface area contributed by atoms with Gasteiger partial charge in [-0.15, -0.1) is 10.2 Å². The molecule has 96 valence electrons. The van der Waals surface area contributed by atoms with Crippen LogP contribution in [0.3, 0.4) is 0 Å². The summed E-state index contributed by atoms with van der Waals surface area (Å²) in [5, 5.41) is 10.7. The number of halogens is 3. The third kappa shape index (κ3) is 2.01. The summed E-state index contributed by atoms with van der Waals surface area (Å²) in [4.78, 5) is 3.90. The molecule has 2 heterocycles. The Kier molecular flexibility index (Phi) is 2.44. The van der Waals surface area contributed by atoms with Crippen LogP contribution in [0.1, 0.15) is 5.56 Å². The first kappa shape index (κ1) is 11.6. The van der Waals surface area contributed by atoms with Crippen LogP contribution >= 0.6 is 0 Å². The lowest BCUT2D eigenvalue weighted by atomic mass is 10.1. The molecule has 0 spiro atoms. The van der Waals surface area contributed by atoms with Gasteiger partial charge in [0.05, 0.1) is 11.3 Å². The van der Waals surface area contributed by atoms with Crippen LogP contribution in [0.4, 0.5) is 13.2 Å². The van der Waals surface area contributed by atoms with Crippen molar-refractivity contribution in [2.45, 2.75) is 6.18 Å². The zero-order chi connectivity index (χ0) is 13.5. The molecule has 5 nitrogen and oxygen atoms in total. The number of fused-ring (bicyclic) bond motifs is 1. The van der Waals surface area contributed by atoms with Crippen LogP contribution in [-0.2, 0) is 6.18 Å². The number of hydrogen-bond donors (Lipinski definition) is 0. The van der Waals surface area contributed by atoms with Gasteiger partial charge < -0.3 is 4.57 Å². The first-order chi connectivity index (χ1) is 9.05. The second kappa shape index (κ2) is 4.01. The van der Waals surface area contributed by atoms with Gasteiger partial charge in [0.25, 0.3) is 0 Å². The molecule has 0 N–H and O–H groups in total. The SMILES string of the molecule is FC(F)(F)c1ccccc1-n1cnc2nnnc-2c1. The minimum absolute atomic E-state index is 0.0209. The van der Waals surface area contributed by atoms with Crippen LogP contribution < -0.4 is 0 Å². The summed E-state index contributed by atoms with van der Waals surface area (Å²) in [6.45, 7) is 0. The van der Waals surface area contributed by atoms with E-state index in [2.05, 4.69) is 20.4 Å². The lowest BCUT2D eigenvalue weighted by molar-refractivity contribution is -0.137. The van der Waals surface area contributed by atoms with Crippen LogP contribution in [-0.4, -0.2) is 25.0 Å². The van der Waals surface area contributed by atoms with Crippen molar-refractivity contribution < 1.29 is 13.2 Å².